The molecule has 0 saturated heterocycles. The number of carbonyl (C=O) groups excluding carboxylic acids is 2. The Labute approximate surface area is 159 Å². The standard InChI is InChI=1S/C19H13Cl2NO4/c1-11-17(22-18(26-11)12-5-3-2-4-6-12)19(24)25-10-16(23)14-8-7-13(20)9-15(14)21/h2-9H,10H2,1H3. The van der Waals surface area contributed by atoms with Crippen LogP contribution in [0, 0.1) is 6.92 Å². The molecule has 3 rings (SSSR count). The van der Waals surface area contributed by atoms with E-state index in [1.165, 1.54) is 18.2 Å². The highest BCUT2D eigenvalue weighted by Gasteiger charge is 2.21. The van der Waals surface area contributed by atoms with Gasteiger partial charge in [0, 0.05) is 16.1 Å². The SMILES string of the molecule is Cc1oc(-c2ccccc2)nc1C(=O)OCC(=O)c1ccc(Cl)cc1Cl. The third-order valence-corrected chi connectivity index (χ3v) is 4.12. The van der Waals surface area contributed by atoms with Gasteiger partial charge < -0.3 is 9.15 Å². The van der Waals surface area contributed by atoms with Gasteiger partial charge in [0.05, 0.1) is 5.02 Å². The largest absolute Gasteiger partial charge is 0.452 e. The van der Waals surface area contributed by atoms with Crippen molar-refractivity contribution in [2.45, 2.75) is 6.92 Å². The number of carbonyl (C=O) groups is 2. The molecule has 0 aliphatic carbocycles. The van der Waals surface area contributed by atoms with Crippen molar-refractivity contribution in [3.63, 3.8) is 0 Å². The molecule has 132 valence electrons. The van der Waals surface area contributed by atoms with Crippen LogP contribution in [0.15, 0.2) is 52.9 Å². The minimum Gasteiger partial charge on any atom is -0.452 e. The molecule has 26 heavy (non-hydrogen) atoms. The number of ether oxygens (including phenoxy) is 1. The number of hydrogen-bond donors (Lipinski definition) is 0. The molecule has 0 fully saturated rings. The zero-order valence-corrected chi connectivity index (χ0v) is 15.2. The van der Waals surface area contributed by atoms with Gasteiger partial charge in [0.2, 0.25) is 11.7 Å². The Hall–Kier alpha value is -2.63. The number of halogens is 2. The van der Waals surface area contributed by atoms with Crippen molar-refractivity contribution in [1.82, 2.24) is 4.98 Å². The zero-order valence-electron chi connectivity index (χ0n) is 13.7. The second kappa shape index (κ2) is 7.72. The van der Waals surface area contributed by atoms with Crippen molar-refractivity contribution in [3.05, 3.63) is 75.6 Å². The summed E-state index contributed by atoms with van der Waals surface area (Å²) in [6.45, 7) is 1.14. The maximum absolute atomic E-state index is 12.2. The van der Waals surface area contributed by atoms with Gasteiger partial charge in [0.25, 0.3) is 0 Å². The third kappa shape index (κ3) is 3.95. The molecule has 7 heteroatoms. The first kappa shape index (κ1) is 18.2. The van der Waals surface area contributed by atoms with Gasteiger partial charge in [-0.3, -0.25) is 4.79 Å². The average Bonchev–Trinajstić information content (AvgIpc) is 3.02. The van der Waals surface area contributed by atoms with E-state index in [-0.39, 0.29) is 16.3 Å². The first-order valence-corrected chi connectivity index (χ1v) is 8.39. The Bertz CT molecular complexity index is 967. The predicted octanol–water partition coefficient (Wildman–Crippen LogP) is 5.00. The zero-order chi connectivity index (χ0) is 18.7. The molecule has 3 aromatic rings. The number of nitrogens with zero attached hydrogens (tertiary/aromatic N) is 1. The number of oxazole rings is 1. The van der Waals surface area contributed by atoms with Crippen LogP contribution in [0.3, 0.4) is 0 Å². The van der Waals surface area contributed by atoms with Crippen LogP contribution in [0.25, 0.3) is 11.5 Å². The van der Waals surface area contributed by atoms with E-state index in [2.05, 4.69) is 4.98 Å². The Morgan fingerprint density at radius 1 is 1.12 bits per heavy atom. The van der Waals surface area contributed by atoms with Gasteiger partial charge in [-0.15, -0.1) is 0 Å². The van der Waals surface area contributed by atoms with Gasteiger partial charge in [-0.1, -0.05) is 41.4 Å². The highest BCUT2D eigenvalue weighted by atomic mass is 35.5. The number of esters is 1. The molecule has 0 unspecified atom stereocenters. The average molecular weight is 390 g/mol. The lowest BCUT2D eigenvalue weighted by molar-refractivity contribution is 0.0468. The minimum absolute atomic E-state index is 0.0267. The highest BCUT2D eigenvalue weighted by molar-refractivity contribution is 6.36. The molecule has 1 aromatic heterocycles. The summed E-state index contributed by atoms with van der Waals surface area (Å²) in [5.74, 6) is -0.565. The normalized spacial score (nSPS) is 10.6. The van der Waals surface area contributed by atoms with Crippen LogP contribution in [0.4, 0.5) is 0 Å². The maximum Gasteiger partial charge on any atom is 0.361 e. The van der Waals surface area contributed by atoms with Crippen LogP contribution >= 0.6 is 23.2 Å². The van der Waals surface area contributed by atoms with E-state index in [0.29, 0.717) is 16.7 Å². The first-order valence-electron chi connectivity index (χ1n) is 7.64. The van der Waals surface area contributed by atoms with Gasteiger partial charge in [0.1, 0.15) is 5.76 Å². The van der Waals surface area contributed by atoms with E-state index < -0.39 is 18.4 Å². The van der Waals surface area contributed by atoms with E-state index in [4.69, 9.17) is 32.4 Å². The summed E-state index contributed by atoms with van der Waals surface area (Å²) in [5, 5.41) is 0.609. The predicted molar refractivity (Wildman–Crippen MR) is 97.8 cm³/mol. The summed E-state index contributed by atoms with van der Waals surface area (Å²) in [5.41, 5.74) is 0.989. The van der Waals surface area contributed by atoms with Crippen LogP contribution in [0.1, 0.15) is 26.6 Å². The Morgan fingerprint density at radius 3 is 2.54 bits per heavy atom. The van der Waals surface area contributed by atoms with E-state index in [0.717, 1.165) is 5.56 Å². The van der Waals surface area contributed by atoms with Crippen LogP contribution in [0.5, 0.6) is 0 Å². The van der Waals surface area contributed by atoms with Crippen molar-refractivity contribution in [3.8, 4) is 11.5 Å². The summed E-state index contributed by atoms with van der Waals surface area (Å²) in [6.07, 6.45) is 0. The lowest BCUT2D eigenvalue weighted by atomic mass is 10.1. The smallest absolute Gasteiger partial charge is 0.361 e. The highest BCUT2D eigenvalue weighted by Crippen LogP contribution is 2.23. The molecule has 1 heterocycles. The molecular formula is C19H13Cl2NO4. The molecule has 0 N–H and O–H groups in total. The van der Waals surface area contributed by atoms with Gasteiger partial charge in [-0.25, -0.2) is 9.78 Å². The second-order valence-corrected chi connectivity index (χ2v) is 6.26. The van der Waals surface area contributed by atoms with Crippen LogP contribution in [0.2, 0.25) is 10.0 Å². The van der Waals surface area contributed by atoms with Gasteiger partial charge >= 0.3 is 5.97 Å². The Morgan fingerprint density at radius 2 is 1.85 bits per heavy atom. The summed E-state index contributed by atoms with van der Waals surface area (Å²) in [7, 11) is 0. The molecule has 0 spiro atoms. The number of ketones is 1. The fourth-order valence-corrected chi connectivity index (χ4v) is 2.80. The van der Waals surface area contributed by atoms with Crippen molar-refractivity contribution in [1.29, 1.82) is 0 Å². The molecule has 0 amide bonds. The summed E-state index contributed by atoms with van der Waals surface area (Å²) >= 11 is 11.8. The van der Waals surface area contributed by atoms with Gasteiger partial charge in [-0.2, -0.15) is 0 Å². The summed E-state index contributed by atoms with van der Waals surface area (Å²) in [4.78, 5) is 28.6. The fourth-order valence-electron chi connectivity index (χ4n) is 2.28. The van der Waals surface area contributed by atoms with Crippen LogP contribution in [-0.2, 0) is 4.74 Å². The van der Waals surface area contributed by atoms with Crippen molar-refractivity contribution >= 4 is 35.0 Å². The first-order chi connectivity index (χ1) is 12.5. The van der Waals surface area contributed by atoms with Gasteiger partial charge in [0.15, 0.2) is 12.3 Å². The van der Waals surface area contributed by atoms with Crippen LogP contribution in [-0.4, -0.2) is 23.3 Å². The molecule has 0 radical (unpaired) electrons. The Balaban J connectivity index is 1.71. The molecule has 0 bridgehead atoms. The number of Topliss-reactive ketones (excluding diaryl/α,β-unsaturated/α-hetero) is 1. The molecular weight excluding hydrogens is 377 g/mol. The number of rotatable bonds is 5. The van der Waals surface area contributed by atoms with Crippen molar-refractivity contribution in [2.24, 2.45) is 0 Å². The molecule has 0 atom stereocenters. The van der Waals surface area contributed by atoms with Gasteiger partial charge in [-0.05, 0) is 37.3 Å². The van der Waals surface area contributed by atoms with Crippen LogP contribution < -0.4 is 0 Å². The van der Waals surface area contributed by atoms with E-state index in [9.17, 15) is 9.59 Å². The molecule has 0 aliphatic rings. The summed E-state index contributed by atoms with van der Waals surface area (Å²) < 4.78 is 10.6. The molecule has 0 aliphatic heterocycles. The molecule has 5 nitrogen and oxygen atoms in total. The van der Waals surface area contributed by atoms with Crippen molar-refractivity contribution in [2.75, 3.05) is 6.61 Å². The van der Waals surface area contributed by atoms with E-state index >= 15 is 0 Å². The second-order valence-electron chi connectivity index (χ2n) is 5.41. The Kier molecular flexibility index (Phi) is 5.40. The maximum atomic E-state index is 12.2. The monoisotopic (exact) mass is 389 g/mol. The van der Waals surface area contributed by atoms with E-state index in [1.807, 2.05) is 30.3 Å². The number of benzene rings is 2. The quantitative estimate of drug-likeness (QED) is 0.453. The molecule has 0 saturated carbocycles. The third-order valence-electron chi connectivity index (χ3n) is 3.58. The summed E-state index contributed by atoms with van der Waals surface area (Å²) in [6, 6.07) is 13.6. The number of aryl methyl sites for hydroxylation is 1. The van der Waals surface area contributed by atoms with Crippen molar-refractivity contribution < 1.29 is 18.7 Å². The lowest BCUT2D eigenvalue weighted by Crippen LogP contribution is -2.15. The number of aromatic nitrogens is 1. The van der Waals surface area contributed by atoms with E-state index in [1.54, 1.807) is 6.92 Å². The molecule has 2 aromatic carbocycles. The fraction of sp³-hybridized carbons (Fsp3) is 0.105. The lowest BCUT2D eigenvalue weighted by Gasteiger charge is -2.05. The topological polar surface area (TPSA) is 69.4 Å². The minimum atomic E-state index is -0.744. The number of hydrogen-bond acceptors (Lipinski definition) is 5.